The zero-order valence-corrected chi connectivity index (χ0v) is 15.2. The predicted molar refractivity (Wildman–Crippen MR) is 104 cm³/mol. The molecule has 0 aliphatic heterocycles. The maximum Gasteiger partial charge on any atom is 0.161 e. The zero-order valence-electron chi connectivity index (χ0n) is 14.5. The first-order valence-electron chi connectivity index (χ1n) is 7.97. The molecule has 0 bridgehead atoms. The largest absolute Gasteiger partial charge is 0.493 e. The van der Waals surface area contributed by atoms with E-state index in [1.54, 1.807) is 14.2 Å². The fourth-order valence-electron chi connectivity index (χ4n) is 2.39. The first-order valence-corrected chi connectivity index (χ1v) is 8.35. The smallest absolute Gasteiger partial charge is 0.161 e. The highest BCUT2D eigenvalue weighted by Crippen LogP contribution is 2.28. The molecule has 0 saturated heterocycles. The number of nitrogens with one attached hydrogen (secondary N) is 2. The second kappa shape index (κ2) is 8.40. The molecule has 0 spiro atoms. The van der Waals surface area contributed by atoms with Crippen LogP contribution in [0, 0.1) is 0 Å². The zero-order chi connectivity index (χ0) is 18.4. The number of methoxy groups -OCH3 is 2. The average molecular weight is 371 g/mol. The molecule has 3 rings (SSSR count). The van der Waals surface area contributed by atoms with E-state index in [0.29, 0.717) is 34.7 Å². The number of aromatic nitrogens is 2. The number of anilines is 3. The molecular weight excluding hydrogens is 352 g/mol. The summed E-state index contributed by atoms with van der Waals surface area (Å²) in [7, 11) is 3.24. The normalized spacial score (nSPS) is 10.3. The van der Waals surface area contributed by atoms with Crippen molar-refractivity contribution in [3.8, 4) is 11.5 Å². The van der Waals surface area contributed by atoms with Crippen molar-refractivity contribution in [2.24, 2.45) is 0 Å². The van der Waals surface area contributed by atoms with E-state index in [2.05, 4.69) is 20.6 Å². The molecule has 0 aliphatic rings. The fourth-order valence-corrected chi connectivity index (χ4v) is 2.51. The van der Waals surface area contributed by atoms with E-state index in [0.717, 1.165) is 11.3 Å². The lowest BCUT2D eigenvalue weighted by molar-refractivity contribution is 0.354. The van der Waals surface area contributed by atoms with Crippen LogP contribution in [0.1, 0.15) is 5.56 Å². The van der Waals surface area contributed by atoms with Gasteiger partial charge in [0.25, 0.3) is 0 Å². The Bertz CT molecular complexity index is 872. The maximum atomic E-state index is 5.90. The van der Waals surface area contributed by atoms with Crippen LogP contribution < -0.4 is 20.1 Å². The van der Waals surface area contributed by atoms with Crippen molar-refractivity contribution in [2.75, 3.05) is 24.9 Å². The Morgan fingerprint density at radius 3 is 2.35 bits per heavy atom. The lowest BCUT2D eigenvalue weighted by atomic mass is 10.2. The summed E-state index contributed by atoms with van der Waals surface area (Å²) >= 11 is 5.90. The summed E-state index contributed by atoms with van der Waals surface area (Å²) in [6, 6.07) is 15.0. The van der Waals surface area contributed by atoms with Crippen molar-refractivity contribution >= 4 is 28.9 Å². The summed E-state index contributed by atoms with van der Waals surface area (Å²) in [6.45, 7) is 0.595. The molecule has 2 N–H and O–H groups in total. The summed E-state index contributed by atoms with van der Waals surface area (Å²) in [5, 5.41) is 7.18. The molecule has 134 valence electrons. The minimum Gasteiger partial charge on any atom is -0.493 e. The summed E-state index contributed by atoms with van der Waals surface area (Å²) in [6.07, 6.45) is 1.51. The molecule has 0 radical (unpaired) electrons. The van der Waals surface area contributed by atoms with Gasteiger partial charge in [-0.3, -0.25) is 0 Å². The SMILES string of the molecule is COc1ccc(CNc2cc(Nc3ccc(Cl)cc3)ncn2)cc1OC. The molecule has 0 saturated carbocycles. The third-order valence-electron chi connectivity index (χ3n) is 3.71. The van der Waals surface area contributed by atoms with E-state index >= 15 is 0 Å². The first-order chi connectivity index (χ1) is 12.7. The third-order valence-corrected chi connectivity index (χ3v) is 3.96. The lowest BCUT2D eigenvalue weighted by Crippen LogP contribution is -2.03. The van der Waals surface area contributed by atoms with Gasteiger partial charge in [-0.2, -0.15) is 0 Å². The molecule has 0 fully saturated rings. The van der Waals surface area contributed by atoms with Gasteiger partial charge in [0.05, 0.1) is 14.2 Å². The highest BCUT2D eigenvalue weighted by molar-refractivity contribution is 6.30. The Morgan fingerprint density at radius 2 is 1.62 bits per heavy atom. The van der Waals surface area contributed by atoms with Crippen LogP contribution in [0.3, 0.4) is 0 Å². The van der Waals surface area contributed by atoms with Crippen LogP contribution in [0.5, 0.6) is 11.5 Å². The molecule has 0 atom stereocenters. The minimum absolute atomic E-state index is 0.595. The molecule has 2 aromatic carbocycles. The predicted octanol–water partition coefficient (Wildman–Crippen LogP) is 4.50. The highest BCUT2D eigenvalue weighted by atomic mass is 35.5. The van der Waals surface area contributed by atoms with Gasteiger partial charge in [-0.05, 0) is 42.0 Å². The Kier molecular flexibility index (Phi) is 5.76. The molecular formula is C19H19ClN4O2. The summed E-state index contributed by atoms with van der Waals surface area (Å²) in [4.78, 5) is 8.48. The van der Waals surface area contributed by atoms with Gasteiger partial charge in [0.15, 0.2) is 11.5 Å². The molecule has 1 heterocycles. The quantitative estimate of drug-likeness (QED) is 0.638. The van der Waals surface area contributed by atoms with Gasteiger partial charge in [0.1, 0.15) is 18.0 Å². The van der Waals surface area contributed by atoms with Crippen LogP contribution in [0.4, 0.5) is 17.3 Å². The van der Waals surface area contributed by atoms with E-state index in [4.69, 9.17) is 21.1 Å². The van der Waals surface area contributed by atoms with Crippen molar-refractivity contribution in [3.05, 3.63) is 65.4 Å². The van der Waals surface area contributed by atoms with Crippen LogP contribution >= 0.6 is 11.6 Å². The number of hydrogen-bond donors (Lipinski definition) is 2. The Labute approximate surface area is 157 Å². The molecule has 0 aliphatic carbocycles. The van der Waals surface area contributed by atoms with Crippen LogP contribution in [-0.4, -0.2) is 24.2 Å². The van der Waals surface area contributed by atoms with Crippen LogP contribution in [0.2, 0.25) is 5.02 Å². The molecule has 1 aromatic heterocycles. The fraction of sp³-hybridized carbons (Fsp3) is 0.158. The lowest BCUT2D eigenvalue weighted by Gasteiger charge is -2.11. The highest BCUT2D eigenvalue weighted by Gasteiger charge is 2.05. The average Bonchev–Trinajstić information content (AvgIpc) is 2.68. The molecule has 7 heteroatoms. The van der Waals surface area contributed by atoms with Crippen LogP contribution in [0.15, 0.2) is 54.9 Å². The number of hydrogen-bond acceptors (Lipinski definition) is 6. The van der Waals surface area contributed by atoms with Gasteiger partial charge in [0, 0.05) is 23.3 Å². The van der Waals surface area contributed by atoms with Gasteiger partial charge in [0.2, 0.25) is 0 Å². The minimum atomic E-state index is 0.595. The standard InChI is InChI=1S/C19H19ClN4O2/c1-25-16-8-3-13(9-17(16)26-2)11-21-18-10-19(23-12-22-18)24-15-6-4-14(20)5-7-15/h3-10,12H,11H2,1-2H3,(H2,21,22,23,24). The topological polar surface area (TPSA) is 68.3 Å². The summed E-state index contributed by atoms with van der Waals surface area (Å²) in [5.41, 5.74) is 1.95. The van der Waals surface area contributed by atoms with E-state index in [-0.39, 0.29) is 0 Å². The number of ether oxygens (including phenoxy) is 2. The first kappa shape index (κ1) is 17.8. The number of benzene rings is 2. The summed E-state index contributed by atoms with van der Waals surface area (Å²) in [5.74, 6) is 2.80. The van der Waals surface area contributed by atoms with E-state index in [9.17, 15) is 0 Å². The Balaban J connectivity index is 1.66. The van der Waals surface area contributed by atoms with Gasteiger partial charge in [-0.25, -0.2) is 9.97 Å². The number of rotatable bonds is 7. The second-order valence-corrected chi connectivity index (χ2v) is 5.90. The number of halogens is 1. The van der Waals surface area contributed by atoms with Crippen LogP contribution in [0.25, 0.3) is 0 Å². The third kappa shape index (κ3) is 4.55. The number of nitrogens with zero attached hydrogens (tertiary/aromatic N) is 2. The van der Waals surface area contributed by atoms with Crippen molar-refractivity contribution in [3.63, 3.8) is 0 Å². The van der Waals surface area contributed by atoms with Gasteiger partial charge >= 0.3 is 0 Å². The van der Waals surface area contributed by atoms with Gasteiger partial charge in [-0.1, -0.05) is 17.7 Å². The Hall–Kier alpha value is -2.99. The molecule has 26 heavy (non-hydrogen) atoms. The molecule has 6 nitrogen and oxygen atoms in total. The van der Waals surface area contributed by atoms with Crippen molar-refractivity contribution in [1.82, 2.24) is 9.97 Å². The van der Waals surface area contributed by atoms with Crippen molar-refractivity contribution in [2.45, 2.75) is 6.54 Å². The molecule has 0 amide bonds. The van der Waals surface area contributed by atoms with Crippen molar-refractivity contribution in [1.29, 1.82) is 0 Å². The van der Waals surface area contributed by atoms with Crippen LogP contribution in [-0.2, 0) is 6.54 Å². The summed E-state index contributed by atoms with van der Waals surface area (Å²) < 4.78 is 10.6. The van der Waals surface area contributed by atoms with E-state index in [1.165, 1.54) is 6.33 Å². The Morgan fingerprint density at radius 1 is 0.885 bits per heavy atom. The van der Waals surface area contributed by atoms with Gasteiger partial charge < -0.3 is 20.1 Å². The monoisotopic (exact) mass is 370 g/mol. The maximum absolute atomic E-state index is 5.90. The van der Waals surface area contributed by atoms with Gasteiger partial charge in [-0.15, -0.1) is 0 Å². The second-order valence-electron chi connectivity index (χ2n) is 5.46. The molecule has 3 aromatic rings. The van der Waals surface area contributed by atoms with E-state index in [1.807, 2.05) is 48.5 Å². The molecule has 0 unspecified atom stereocenters. The van der Waals surface area contributed by atoms with E-state index < -0.39 is 0 Å². The van der Waals surface area contributed by atoms with Crippen molar-refractivity contribution < 1.29 is 9.47 Å².